The van der Waals surface area contributed by atoms with E-state index in [1.165, 1.54) is 25.6 Å². The molecule has 8 rings (SSSR count). The minimum Gasteiger partial charge on any atom is -0.450 e. The summed E-state index contributed by atoms with van der Waals surface area (Å²) in [5.41, 5.74) is 12.8. The number of ether oxygens (including phenoxy) is 1. The van der Waals surface area contributed by atoms with Gasteiger partial charge < -0.3 is 41.1 Å². The second-order valence-corrected chi connectivity index (χ2v) is 15.2. The van der Waals surface area contributed by atoms with Gasteiger partial charge in [-0.2, -0.15) is 10.2 Å². The predicted octanol–water partition coefficient (Wildman–Crippen LogP) is 0.0152. The molecule has 0 aromatic carbocycles. The van der Waals surface area contributed by atoms with E-state index in [0.29, 0.717) is 65.8 Å². The molecule has 4 aromatic rings. The Morgan fingerprint density at radius 1 is 0.787 bits per heavy atom. The number of nitrogens with zero attached hydrogens (tertiary/aromatic N) is 9. The van der Waals surface area contributed by atoms with Crippen molar-refractivity contribution in [3.63, 3.8) is 0 Å². The summed E-state index contributed by atoms with van der Waals surface area (Å²) in [4.78, 5) is 73.1. The number of nitrogens with two attached hydrogens (primary N) is 2. The third-order valence-electron chi connectivity index (χ3n) is 11.0. The fourth-order valence-corrected chi connectivity index (χ4v) is 7.70. The van der Waals surface area contributed by atoms with Crippen molar-refractivity contribution in [3.8, 4) is 35.2 Å². The first-order valence-corrected chi connectivity index (χ1v) is 19.8. The van der Waals surface area contributed by atoms with Gasteiger partial charge in [0.25, 0.3) is 23.6 Å². The second-order valence-electron chi connectivity index (χ2n) is 15.2. The number of likely N-dealkylation sites (tertiary alicyclic amines) is 2. The van der Waals surface area contributed by atoms with Crippen LogP contribution in [-0.2, 0) is 40.1 Å². The SMILES string of the molecule is CCOC(=O)N1CCc2c(c(C(N)=O)nn2-c2cc(C#C[C@]3(O)CCN(C)C3=O)ccn2)C1.CN1CC[C@@](O)(C#Cc2cc(-n3nc(C(N)=O)c4c3CCCC4)ccn2)C1=O. The maximum absolute atomic E-state index is 12.1. The molecule has 316 valence electrons. The molecule has 7 heterocycles. The number of primary amides is 2. The molecule has 2 atom stereocenters. The van der Waals surface area contributed by atoms with Gasteiger partial charge in [-0.3, -0.25) is 19.2 Å². The lowest BCUT2D eigenvalue weighted by atomic mass is 9.95. The molecule has 1 aliphatic carbocycles. The van der Waals surface area contributed by atoms with Crippen molar-refractivity contribution < 1.29 is 38.9 Å². The van der Waals surface area contributed by atoms with Gasteiger partial charge in [-0.1, -0.05) is 17.8 Å². The van der Waals surface area contributed by atoms with Gasteiger partial charge in [-0.05, 0) is 62.8 Å². The minimum absolute atomic E-state index is 0.0613. The number of likely N-dealkylation sites (N-methyl/N-ethyl adjacent to an activating group) is 2. The topological polar surface area (TPSA) is 258 Å². The van der Waals surface area contributed by atoms with E-state index in [2.05, 4.69) is 43.8 Å². The van der Waals surface area contributed by atoms with Crippen LogP contribution in [0.25, 0.3) is 11.5 Å². The molecule has 0 radical (unpaired) electrons. The lowest BCUT2D eigenvalue weighted by Crippen LogP contribution is -2.37. The molecule has 3 aliphatic heterocycles. The molecule has 0 unspecified atom stereocenters. The van der Waals surface area contributed by atoms with Crippen molar-refractivity contribution in [1.29, 1.82) is 0 Å². The number of hydrogen-bond donors (Lipinski definition) is 4. The summed E-state index contributed by atoms with van der Waals surface area (Å²) in [5, 5.41) is 29.7. The van der Waals surface area contributed by atoms with E-state index in [1.807, 2.05) is 0 Å². The molecule has 0 saturated carbocycles. The van der Waals surface area contributed by atoms with Crippen molar-refractivity contribution in [2.45, 2.75) is 69.6 Å². The summed E-state index contributed by atoms with van der Waals surface area (Å²) in [7, 11) is 3.25. The molecule has 6 N–H and O–H groups in total. The smallest absolute Gasteiger partial charge is 0.410 e. The highest BCUT2D eigenvalue weighted by Crippen LogP contribution is 2.28. The molecule has 61 heavy (non-hydrogen) atoms. The van der Waals surface area contributed by atoms with E-state index in [1.54, 1.807) is 56.2 Å². The zero-order valence-electron chi connectivity index (χ0n) is 34.0. The van der Waals surface area contributed by atoms with Crippen LogP contribution in [0.3, 0.4) is 0 Å². The van der Waals surface area contributed by atoms with Crippen LogP contribution < -0.4 is 11.5 Å². The summed E-state index contributed by atoms with van der Waals surface area (Å²) in [6.07, 6.45) is 7.21. The van der Waals surface area contributed by atoms with Crippen molar-refractivity contribution >= 4 is 29.7 Å². The number of pyridine rings is 2. The van der Waals surface area contributed by atoms with Gasteiger partial charge in [0.05, 0.1) is 24.5 Å². The molecule has 19 nitrogen and oxygen atoms in total. The molecule has 4 aliphatic rings. The van der Waals surface area contributed by atoms with E-state index >= 15 is 0 Å². The summed E-state index contributed by atoms with van der Waals surface area (Å²) in [6, 6.07) is 6.80. The first-order valence-electron chi connectivity index (χ1n) is 19.8. The lowest BCUT2D eigenvalue weighted by molar-refractivity contribution is -0.138. The van der Waals surface area contributed by atoms with E-state index < -0.39 is 40.9 Å². The van der Waals surface area contributed by atoms with Crippen molar-refractivity contribution in [1.82, 2.24) is 44.2 Å². The van der Waals surface area contributed by atoms with Crippen molar-refractivity contribution in [2.75, 3.05) is 40.3 Å². The third-order valence-corrected chi connectivity index (χ3v) is 11.0. The van der Waals surface area contributed by atoms with Crippen molar-refractivity contribution in [3.05, 3.63) is 81.8 Å². The van der Waals surface area contributed by atoms with Gasteiger partial charge in [0.1, 0.15) is 5.69 Å². The number of rotatable bonds is 5. The fraction of sp³-hybridized carbons (Fsp3) is 0.405. The van der Waals surface area contributed by atoms with Gasteiger partial charge in [0.2, 0.25) is 11.2 Å². The van der Waals surface area contributed by atoms with Crippen LogP contribution in [0.1, 0.15) is 87.4 Å². The monoisotopic (exact) mass is 831 g/mol. The predicted molar refractivity (Wildman–Crippen MR) is 216 cm³/mol. The molecular formula is C42H45N11O8. The van der Waals surface area contributed by atoms with Crippen LogP contribution in [0.5, 0.6) is 0 Å². The van der Waals surface area contributed by atoms with Gasteiger partial charge in [0, 0.05) is 87.8 Å². The van der Waals surface area contributed by atoms with Crippen LogP contribution in [0.15, 0.2) is 36.7 Å². The summed E-state index contributed by atoms with van der Waals surface area (Å²) < 4.78 is 8.31. The second kappa shape index (κ2) is 16.9. The first-order chi connectivity index (χ1) is 29.1. The molecule has 2 saturated heterocycles. The Bertz CT molecular complexity index is 2580. The Hall–Kier alpha value is -7.09. The summed E-state index contributed by atoms with van der Waals surface area (Å²) >= 11 is 0. The molecular weight excluding hydrogens is 787 g/mol. The standard InChI is InChI=1S/C22H24N6O5.C20H21N5O3/c1-3-33-21(31)27-10-6-16-15(13-27)18(19(23)29)25-28(16)17-12-14(5-9-24-17)4-7-22(32)8-11-26(2)20(22)30;1-24-11-9-20(28,19(24)27)8-6-13-12-14(7-10-22-13)25-16-5-3-2-4-15(16)17(23-25)18(21)26/h5,9,12,32H,3,6,8,10-11,13H2,1-2H3,(H2,23,29);7,10,12,28H,2-5,9,11H2,1H3,(H2,21,26)/t22-;20-/m00/s1. The van der Waals surface area contributed by atoms with Crippen LogP contribution >= 0.6 is 0 Å². The first kappa shape index (κ1) is 42.0. The van der Waals surface area contributed by atoms with Crippen LogP contribution in [0.2, 0.25) is 0 Å². The molecule has 19 heteroatoms. The Kier molecular flexibility index (Phi) is 11.6. The number of carbonyl (C=O) groups excluding carboxylic acids is 5. The average Bonchev–Trinajstić information content (AvgIpc) is 3.99. The Balaban J connectivity index is 0.000000186. The number of hydrogen-bond acceptors (Lipinski definition) is 12. The Morgan fingerprint density at radius 3 is 2.03 bits per heavy atom. The Labute approximate surface area is 350 Å². The quantitative estimate of drug-likeness (QED) is 0.194. The molecule has 0 bridgehead atoms. The number of aliphatic hydroxyl groups is 2. The maximum atomic E-state index is 12.1. The number of amides is 5. The van der Waals surface area contributed by atoms with E-state index in [0.717, 1.165) is 36.9 Å². The largest absolute Gasteiger partial charge is 0.450 e. The van der Waals surface area contributed by atoms with Gasteiger partial charge in [-0.15, -0.1) is 0 Å². The number of aromatic nitrogens is 6. The third kappa shape index (κ3) is 8.38. The normalized spacial score (nSPS) is 20.4. The highest BCUT2D eigenvalue weighted by Gasteiger charge is 2.43. The van der Waals surface area contributed by atoms with Crippen LogP contribution in [0, 0.1) is 23.7 Å². The highest BCUT2D eigenvalue weighted by molar-refractivity contribution is 5.94. The fourth-order valence-electron chi connectivity index (χ4n) is 7.70. The number of carbonyl (C=O) groups is 5. The number of fused-ring (bicyclic) bond motifs is 2. The van der Waals surface area contributed by atoms with Crippen LogP contribution in [-0.4, -0.2) is 136 Å². The molecule has 0 spiro atoms. The van der Waals surface area contributed by atoms with Crippen molar-refractivity contribution in [2.24, 2.45) is 11.5 Å². The van der Waals surface area contributed by atoms with Gasteiger partial charge in [0.15, 0.2) is 17.2 Å². The summed E-state index contributed by atoms with van der Waals surface area (Å²) in [5.74, 6) is 9.32. The molecule has 4 aromatic heterocycles. The molecule has 2 fully saturated rings. The van der Waals surface area contributed by atoms with E-state index in [-0.39, 0.29) is 31.7 Å². The zero-order valence-corrected chi connectivity index (χ0v) is 34.0. The lowest BCUT2D eigenvalue weighted by Gasteiger charge is -2.26. The van der Waals surface area contributed by atoms with E-state index in [4.69, 9.17) is 16.2 Å². The molecule has 5 amide bonds. The summed E-state index contributed by atoms with van der Waals surface area (Å²) in [6.45, 7) is 3.41. The van der Waals surface area contributed by atoms with Gasteiger partial charge in [-0.25, -0.2) is 24.1 Å². The highest BCUT2D eigenvalue weighted by atomic mass is 16.6. The van der Waals surface area contributed by atoms with E-state index in [9.17, 15) is 34.2 Å². The maximum Gasteiger partial charge on any atom is 0.410 e. The van der Waals surface area contributed by atoms with Gasteiger partial charge >= 0.3 is 6.09 Å². The minimum atomic E-state index is -1.71. The average molecular weight is 832 g/mol. The van der Waals surface area contributed by atoms with Crippen LogP contribution in [0.4, 0.5) is 4.79 Å². The Morgan fingerprint density at radius 2 is 1.39 bits per heavy atom. The zero-order chi connectivity index (χ0) is 43.6.